The van der Waals surface area contributed by atoms with Crippen LogP contribution in [0.15, 0.2) is 42.5 Å². The van der Waals surface area contributed by atoms with Crippen LogP contribution < -0.4 is 15.4 Å². The zero-order chi connectivity index (χ0) is 20.0. The van der Waals surface area contributed by atoms with Crippen molar-refractivity contribution in [1.29, 1.82) is 0 Å². The molecule has 0 saturated heterocycles. The van der Waals surface area contributed by atoms with E-state index >= 15 is 0 Å². The fourth-order valence-corrected chi connectivity index (χ4v) is 2.72. The van der Waals surface area contributed by atoms with E-state index in [0.717, 1.165) is 22.4 Å². The van der Waals surface area contributed by atoms with Crippen LogP contribution in [0.25, 0.3) is 0 Å². The van der Waals surface area contributed by atoms with Crippen molar-refractivity contribution in [2.24, 2.45) is 0 Å². The van der Waals surface area contributed by atoms with Gasteiger partial charge in [-0.3, -0.25) is 9.59 Å². The predicted molar refractivity (Wildman–Crippen MR) is 107 cm³/mol. The first-order valence-corrected chi connectivity index (χ1v) is 9.17. The third kappa shape index (κ3) is 5.58. The average Bonchev–Trinajstić information content (AvgIpc) is 2.65. The van der Waals surface area contributed by atoms with Crippen molar-refractivity contribution in [3.63, 3.8) is 0 Å². The van der Waals surface area contributed by atoms with Crippen molar-refractivity contribution in [2.75, 3.05) is 7.05 Å². The molecule has 1 atom stereocenters. The van der Waals surface area contributed by atoms with Crippen molar-refractivity contribution in [3.05, 3.63) is 64.7 Å². The lowest BCUT2D eigenvalue weighted by Crippen LogP contribution is -2.36. The van der Waals surface area contributed by atoms with Gasteiger partial charge >= 0.3 is 0 Å². The number of benzene rings is 2. The van der Waals surface area contributed by atoms with Gasteiger partial charge in [0, 0.05) is 19.2 Å². The molecular weight excluding hydrogens is 340 g/mol. The van der Waals surface area contributed by atoms with E-state index in [9.17, 15) is 9.59 Å². The molecule has 0 bridgehead atoms. The van der Waals surface area contributed by atoms with E-state index < -0.39 is 6.10 Å². The molecule has 0 spiro atoms. The van der Waals surface area contributed by atoms with Gasteiger partial charge < -0.3 is 15.4 Å². The van der Waals surface area contributed by atoms with Crippen LogP contribution in [0, 0.1) is 6.92 Å². The fraction of sp³-hybridized carbons (Fsp3) is 0.364. The topological polar surface area (TPSA) is 67.4 Å². The number of carbonyl (C=O) groups is 2. The Kier molecular flexibility index (Phi) is 6.99. The molecule has 2 N–H and O–H groups in total. The second-order valence-electron chi connectivity index (χ2n) is 6.95. The lowest BCUT2D eigenvalue weighted by Gasteiger charge is -2.19. The van der Waals surface area contributed by atoms with E-state index in [4.69, 9.17) is 4.74 Å². The van der Waals surface area contributed by atoms with Crippen LogP contribution in [0.5, 0.6) is 5.75 Å². The molecule has 0 radical (unpaired) electrons. The molecule has 0 fully saturated rings. The van der Waals surface area contributed by atoms with Crippen LogP contribution in [0.2, 0.25) is 0 Å². The number of aryl methyl sites for hydroxylation is 1. The van der Waals surface area contributed by atoms with E-state index in [1.165, 1.54) is 0 Å². The molecule has 2 rings (SSSR count). The first-order chi connectivity index (χ1) is 12.8. The maximum absolute atomic E-state index is 12.4. The Balaban J connectivity index is 1.96. The molecule has 0 saturated carbocycles. The summed E-state index contributed by atoms with van der Waals surface area (Å²) < 4.78 is 5.94. The minimum atomic E-state index is -0.602. The van der Waals surface area contributed by atoms with Crippen LogP contribution >= 0.6 is 0 Å². The van der Waals surface area contributed by atoms with Gasteiger partial charge in [0.15, 0.2) is 6.10 Å². The number of nitrogens with one attached hydrogen (secondary N) is 2. The first-order valence-electron chi connectivity index (χ1n) is 9.17. The zero-order valence-corrected chi connectivity index (χ0v) is 16.6. The molecule has 5 nitrogen and oxygen atoms in total. The molecule has 0 aliphatic heterocycles. The maximum atomic E-state index is 12.4. The SMILES string of the molecule is CNC(=O)c1ccc(CNC(=O)C(C)Oc2cc(C)ccc2C(C)C)cc1. The average molecular weight is 368 g/mol. The molecule has 2 aromatic carbocycles. The number of carbonyl (C=O) groups excluding carboxylic acids is 2. The Labute approximate surface area is 161 Å². The van der Waals surface area contributed by atoms with Crippen LogP contribution in [-0.4, -0.2) is 25.0 Å². The minimum absolute atomic E-state index is 0.133. The zero-order valence-electron chi connectivity index (χ0n) is 16.6. The van der Waals surface area contributed by atoms with E-state index in [0.29, 0.717) is 18.0 Å². The third-order valence-electron chi connectivity index (χ3n) is 4.37. The molecule has 5 heteroatoms. The van der Waals surface area contributed by atoms with Crippen molar-refractivity contribution in [3.8, 4) is 5.75 Å². The maximum Gasteiger partial charge on any atom is 0.261 e. The van der Waals surface area contributed by atoms with Crippen molar-refractivity contribution in [1.82, 2.24) is 10.6 Å². The van der Waals surface area contributed by atoms with Gasteiger partial charge in [0.05, 0.1) is 0 Å². The molecule has 0 aromatic heterocycles. The van der Waals surface area contributed by atoms with Crippen molar-refractivity contribution in [2.45, 2.75) is 46.3 Å². The smallest absolute Gasteiger partial charge is 0.261 e. The van der Waals surface area contributed by atoms with Crippen molar-refractivity contribution >= 4 is 11.8 Å². The van der Waals surface area contributed by atoms with Gasteiger partial charge in [-0.1, -0.05) is 38.1 Å². The molecule has 2 amide bonds. The third-order valence-corrected chi connectivity index (χ3v) is 4.37. The van der Waals surface area contributed by atoms with Crippen LogP contribution in [0.1, 0.15) is 53.7 Å². The highest BCUT2D eigenvalue weighted by Crippen LogP contribution is 2.28. The fourth-order valence-electron chi connectivity index (χ4n) is 2.72. The summed E-state index contributed by atoms with van der Waals surface area (Å²) in [6.07, 6.45) is -0.602. The molecule has 1 unspecified atom stereocenters. The summed E-state index contributed by atoms with van der Waals surface area (Å²) in [5.41, 5.74) is 3.69. The number of amides is 2. The van der Waals surface area contributed by atoms with Gasteiger partial charge in [0.25, 0.3) is 11.8 Å². The Hall–Kier alpha value is -2.82. The minimum Gasteiger partial charge on any atom is -0.481 e. The van der Waals surface area contributed by atoms with Crippen LogP contribution in [0.4, 0.5) is 0 Å². The molecule has 27 heavy (non-hydrogen) atoms. The normalized spacial score (nSPS) is 11.8. The Bertz CT molecular complexity index is 798. The summed E-state index contributed by atoms with van der Waals surface area (Å²) in [4.78, 5) is 24.0. The van der Waals surface area contributed by atoms with Crippen LogP contribution in [-0.2, 0) is 11.3 Å². The highest BCUT2D eigenvalue weighted by molar-refractivity contribution is 5.93. The van der Waals surface area contributed by atoms with Gasteiger partial charge in [0.2, 0.25) is 0 Å². The predicted octanol–water partition coefficient (Wildman–Crippen LogP) is 3.56. The Morgan fingerprint density at radius 2 is 1.70 bits per heavy atom. The van der Waals surface area contributed by atoms with E-state index in [-0.39, 0.29) is 11.8 Å². The van der Waals surface area contributed by atoms with E-state index in [1.807, 2.05) is 31.2 Å². The van der Waals surface area contributed by atoms with Gasteiger partial charge in [-0.05, 0) is 54.7 Å². The highest BCUT2D eigenvalue weighted by Gasteiger charge is 2.17. The molecular formula is C22H28N2O3. The Morgan fingerprint density at radius 3 is 2.30 bits per heavy atom. The van der Waals surface area contributed by atoms with Gasteiger partial charge in [-0.2, -0.15) is 0 Å². The lowest BCUT2D eigenvalue weighted by molar-refractivity contribution is -0.127. The van der Waals surface area contributed by atoms with Gasteiger partial charge in [-0.25, -0.2) is 0 Å². The summed E-state index contributed by atoms with van der Waals surface area (Å²) >= 11 is 0. The standard InChI is InChI=1S/C22H28N2O3/c1-14(2)19-11-6-15(3)12-20(19)27-16(4)21(25)24-13-17-7-9-18(10-8-17)22(26)23-5/h6-12,14,16H,13H2,1-5H3,(H,23,26)(H,24,25). The summed E-state index contributed by atoms with van der Waals surface area (Å²) in [7, 11) is 1.59. The van der Waals surface area contributed by atoms with E-state index in [2.05, 4.69) is 30.5 Å². The van der Waals surface area contributed by atoms with Crippen molar-refractivity contribution < 1.29 is 14.3 Å². The van der Waals surface area contributed by atoms with E-state index in [1.54, 1.807) is 26.1 Å². The monoisotopic (exact) mass is 368 g/mol. The summed E-state index contributed by atoms with van der Waals surface area (Å²) in [6.45, 7) is 8.33. The molecule has 0 heterocycles. The highest BCUT2D eigenvalue weighted by atomic mass is 16.5. The number of hydrogen-bond acceptors (Lipinski definition) is 3. The number of rotatable bonds is 7. The first kappa shape index (κ1) is 20.5. The molecule has 0 aliphatic rings. The number of hydrogen-bond donors (Lipinski definition) is 2. The largest absolute Gasteiger partial charge is 0.481 e. The summed E-state index contributed by atoms with van der Waals surface area (Å²) in [5, 5.41) is 5.46. The molecule has 2 aromatic rings. The summed E-state index contributed by atoms with van der Waals surface area (Å²) in [6, 6.07) is 13.2. The quantitative estimate of drug-likeness (QED) is 0.785. The molecule has 0 aliphatic carbocycles. The molecule has 144 valence electrons. The second kappa shape index (κ2) is 9.21. The van der Waals surface area contributed by atoms with Crippen LogP contribution in [0.3, 0.4) is 0 Å². The Morgan fingerprint density at radius 1 is 1.04 bits per heavy atom. The lowest BCUT2D eigenvalue weighted by atomic mass is 10.0. The van der Waals surface area contributed by atoms with Gasteiger partial charge in [0.1, 0.15) is 5.75 Å². The van der Waals surface area contributed by atoms with Gasteiger partial charge in [-0.15, -0.1) is 0 Å². The number of ether oxygens (including phenoxy) is 1. The summed E-state index contributed by atoms with van der Waals surface area (Å²) in [5.74, 6) is 0.755. The second-order valence-corrected chi connectivity index (χ2v) is 6.95.